The van der Waals surface area contributed by atoms with E-state index in [9.17, 15) is 0 Å². The fourth-order valence-electron chi connectivity index (χ4n) is 2.18. The van der Waals surface area contributed by atoms with E-state index >= 15 is 0 Å². The molecule has 4 heteroatoms. The van der Waals surface area contributed by atoms with Gasteiger partial charge >= 0.3 is 0 Å². The summed E-state index contributed by atoms with van der Waals surface area (Å²) in [5.41, 5.74) is 7.59. The molecule has 1 unspecified atom stereocenters. The highest BCUT2D eigenvalue weighted by molar-refractivity contribution is 9.10. The van der Waals surface area contributed by atoms with Crippen LogP contribution in [-0.4, -0.2) is 7.11 Å². The minimum Gasteiger partial charge on any atom is -0.497 e. The van der Waals surface area contributed by atoms with Crippen LogP contribution in [-0.2, 0) is 0 Å². The third kappa shape index (κ3) is 3.03. The molecule has 106 valence electrons. The van der Waals surface area contributed by atoms with Gasteiger partial charge in [0, 0.05) is 4.47 Å². The quantitative estimate of drug-likeness (QED) is 0.663. The Balaban J connectivity index is 2.48. The van der Waals surface area contributed by atoms with Crippen LogP contribution in [0, 0.1) is 13.8 Å². The zero-order chi connectivity index (χ0) is 14.7. The Labute approximate surface area is 128 Å². The van der Waals surface area contributed by atoms with Crippen molar-refractivity contribution in [3.63, 3.8) is 0 Å². The summed E-state index contributed by atoms with van der Waals surface area (Å²) >= 11 is 3.58. The lowest BCUT2D eigenvalue weighted by Gasteiger charge is -2.20. The van der Waals surface area contributed by atoms with Crippen LogP contribution in [0.4, 0.5) is 0 Å². The summed E-state index contributed by atoms with van der Waals surface area (Å²) in [6, 6.07) is 12.2. The van der Waals surface area contributed by atoms with E-state index in [1.165, 1.54) is 11.1 Å². The first kappa shape index (κ1) is 15.0. The molecule has 0 saturated heterocycles. The summed E-state index contributed by atoms with van der Waals surface area (Å²) in [6.07, 6.45) is 0. The Bertz CT molecular complexity index is 613. The second-order valence-electron chi connectivity index (χ2n) is 4.83. The monoisotopic (exact) mass is 334 g/mol. The molecule has 0 aliphatic rings. The zero-order valence-electron chi connectivity index (χ0n) is 11.9. The number of hydrogen-bond donors (Lipinski definition) is 2. The number of ether oxygens (including phenoxy) is 1. The average Bonchev–Trinajstić information content (AvgIpc) is 2.45. The standard InChI is InChI=1S/C16H19BrN2O/c1-10-4-5-12(8-11(10)2)16(19-18)14-9-13(20-3)6-7-15(14)17/h4-9,16,19H,18H2,1-3H3. The summed E-state index contributed by atoms with van der Waals surface area (Å²) in [6.45, 7) is 4.21. The van der Waals surface area contributed by atoms with Crippen LogP contribution in [0.5, 0.6) is 5.75 Å². The van der Waals surface area contributed by atoms with Crippen LogP contribution < -0.4 is 16.0 Å². The molecule has 0 bridgehead atoms. The summed E-state index contributed by atoms with van der Waals surface area (Å²) in [5, 5.41) is 0. The maximum absolute atomic E-state index is 5.77. The number of nitrogens with one attached hydrogen (secondary N) is 1. The van der Waals surface area contributed by atoms with Gasteiger partial charge in [-0.25, -0.2) is 5.43 Å². The zero-order valence-corrected chi connectivity index (χ0v) is 13.5. The highest BCUT2D eigenvalue weighted by Gasteiger charge is 2.16. The van der Waals surface area contributed by atoms with E-state index in [0.717, 1.165) is 21.3 Å². The smallest absolute Gasteiger partial charge is 0.119 e. The van der Waals surface area contributed by atoms with Gasteiger partial charge in [0.15, 0.2) is 0 Å². The second kappa shape index (κ2) is 6.39. The number of nitrogens with two attached hydrogens (primary N) is 1. The van der Waals surface area contributed by atoms with E-state index in [-0.39, 0.29) is 6.04 Å². The fraction of sp³-hybridized carbons (Fsp3) is 0.250. The van der Waals surface area contributed by atoms with Crippen LogP contribution >= 0.6 is 15.9 Å². The SMILES string of the molecule is COc1ccc(Br)c(C(NN)c2ccc(C)c(C)c2)c1. The molecule has 0 aliphatic heterocycles. The van der Waals surface area contributed by atoms with Crippen LogP contribution in [0.1, 0.15) is 28.3 Å². The number of methoxy groups -OCH3 is 1. The third-order valence-corrected chi connectivity index (χ3v) is 4.27. The lowest BCUT2D eigenvalue weighted by molar-refractivity contribution is 0.413. The topological polar surface area (TPSA) is 47.3 Å². The maximum Gasteiger partial charge on any atom is 0.119 e. The lowest BCUT2D eigenvalue weighted by Crippen LogP contribution is -2.29. The number of hydrazine groups is 1. The number of halogens is 1. The number of hydrogen-bond acceptors (Lipinski definition) is 3. The normalized spacial score (nSPS) is 12.2. The van der Waals surface area contributed by atoms with Crippen LogP contribution in [0.3, 0.4) is 0 Å². The third-order valence-electron chi connectivity index (χ3n) is 3.55. The van der Waals surface area contributed by atoms with Gasteiger partial charge in [0.05, 0.1) is 13.2 Å². The molecule has 0 fully saturated rings. The van der Waals surface area contributed by atoms with Gasteiger partial charge in [-0.05, 0) is 54.3 Å². The van der Waals surface area contributed by atoms with Gasteiger partial charge < -0.3 is 4.74 Å². The van der Waals surface area contributed by atoms with E-state index in [0.29, 0.717) is 0 Å². The largest absolute Gasteiger partial charge is 0.497 e. The highest BCUT2D eigenvalue weighted by atomic mass is 79.9. The lowest BCUT2D eigenvalue weighted by atomic mass is 9.96. The molecule has 0 heterocycles. The van der Waals surface area contributed by atoms with Gasteiger partial charge in [0.25, 0.3) is 0 Å². The molecule has 0 aliphatic carbocycles. The Morgan fingerprint density at radius 3 is 2.45 bits per heavy atom. The van der Waals surface area contributed by atoms with Gasteiger partial charge in [0.1, 0.15) is 5.75 Å². The Hall–Kier alpha value is -1.36. The predicted octanol–water partition coefficient (Wildman–Crippen LogP) is 3.63. The predicted molar refractivity (Wildman–Crippen MR) is 85.8 cm³/mol. The summed E-state index contributed by atoms with van der Waals surface area (Å²) in [7, 11) is 1.66. The minimum atomic E-state index is -0.0845. The first-order chi connectivity index (χ1) is 9.56. The van der Waals surface area contributed by atoms with E-state index in [4.69, 9.17) is 10.6 Å². The average molecular weight is 335 g/mol. The first-order valence-corrected chi connectivity index (χ1v) is 7.23. The van der Waals surface area contributed by atoms with Crippen molar-refractivity contribution in [2.24, 2.45) is 5.84 Å². The molecule has 20 heavy (non-hydrogen) atoms. The van der Waals surface area contributed by atoms with Gasteiger partial charge in [-0.15, -0.1) is 0 Å². The van der Waals surface area contributed by atoms with Crippen molar-refractivity contribution in [1.82, 2.24) is 5.43 Å². The molecule has 3 N–H and O–H groups in total. The van der Waals surface area contributed by atoms with Crippen molar-refractivity contribution in [3.8, 4) is 5.75 Å². The van der Waals surface area contributed by atoms with E-state index in [1.54, 1.807) is 7.11 Å². The van der Waals surface area contributed by atoms with Crippen LogP contribution in [0.15, 0.2) is 40.9 Å². The van der Waals surface area contributed by atoms with Crippen LogP contribution in [0.25, 0.3) is 0 Å². The summed E-state index contributed by atoms with van der Waals surface area (Å²) < 4.78 is 6.29. The van der Waals surface area contributed by atoms with Crippen molar-refractivity contribution in [3.05, 3.63) is 63.1 Å². The molecule has 0 saturated carbocycles. The molecule has 2 rings (SSSR count). The van der Waals surface area contributed by atoms with Gasteiger partial charge in [-0.2, -0.15) is 0 Å². The van der Waals surface area contributed by atoms with E-state index in [2.05, 4.69) is 53.4 Å². The fourth-order valence-corrected chi connectivity index (χ4v) is 2.66. The molecule has 0 aromatic heterocycles. The Morgan fingerprint density at radius 1 is 1.10 bits per heavy atom. The molecular weight excluding hydrogens is 316 g/mol. The van der Waals surface area contributed by atoms with Gasteiger partial charge in [-0.3, -0.25) is 5.84 Å². The molecule has 0 spiro atoms. The minimum absolute atomic E-state index is 0.0845. The molecule has 3 nitrogen and oxygen atoms in total. The van der Waals surface area contributed by atoms with E-state index in [1.807, 2.05) is 18.2 Å². The molecular formula is C16H19BrN2O. The Kier molecular flexibility index (Phi) is 4.81. The van der Waals surface area contributed by atoms with E-state index < -0.39 is 0 Å². The van der Waals surface area contributed by atoms with Crippen molar-refractivity contribution in [2.45, 2.75) is 19.9 Å². The van der Waals surface area contributed by atoms with Crippen LogP contribution in [0.2, 0.25) is 0 Å². The molecule has 2 aromatic carbocycles. The van der Waals surface area contributed by atoms with Crippen molar-refractivity contribution in [2.75, 3.05) is 7.11 Å². The van der Waals surface area contributed by atoms with Gasteiger partial charge in [0.2, 0.25) is 0 Å². The molecule has 0 radical (unpaired) electrons. The molecule has 0 amide bonds. The number of benzene rings is 2. The first-order valence-electron chi connectivity index (χ1n) is 6.43. The maximum atomic E-state index is 5.77. The second-order valence-corrected chi connectivity index (χ2v) is 5.69. The van der Waals surface area contributed by atoms with Crippen molar-refractivity contribution in [1.29, 1.82) is 0 Å². The van der Waals surface area contributed by atoms with Crippen molar-refractivity contribution < 1.29 is 4.74 Å². The summed E-state index contributed by atoms with van der Waals surface area (Å²) in [4.78, 5) is 0. The molecule has 2 aromatic rings. The summed E-state index contributed by atoms with van der Waals surface area (Å²) in [5.74, 6) is 6.59. The van der Waals surface area contributed by atoms with Crippen molar-refractivity contribution >= 4 is 15.9 Å². The Morgan fingerprint density at radius 2 is 1.85 bits per heavy atom. The molecule has 1 atom stereocenters. The van der Waals surface area contributed by atoms with Gasteiger partial charge in [-0.1, -0.05) is 34.1 Å². The highest BCUT2D eigenvalue weighted by Crippen LogP contribution is 2.31. The number of rotatable bonds is 4. The number of aryl methyl sites for hydroxylation is 2.